The van der Waals surface area contributed by atoms with E-state index < -0.39 is 12.7 Å². The Morgan fingerprint density at radius 2 is 2.06 bits per heavy atom. The number of carbonyl (C=O) groups is 1. The average Bonchev–Trinajstić information content (AvgIpc) is 2.14. The lowest BCUT2D eigenvalue weighted by atomic mass is 10.1. The number of alkyl halides is 3. The lowest BCUT2D eigenvalue weighted by Gasteiger charge is -2.17. The van der Waals surface area contributed by atoms with Crippen molar-refractivity contribution in [3.63, 3.8) is 0 Å². The van der Waals surface area contributed by atoms with Gasteiger partial charge in [0.25, 0.3) is 0 Å². The van der Waals surface area contributed by atoms with Crippen LogP contribution in [-0.4, -0.2) is 37.0 Å². The van der Waals surface area contributed by atoms with Gasteiger partial charge in [0.15, 0.2) is 5.78 Å². The number of benzene rings is 1. The van der Waals surface area contributed by atoms with Gasteiger partial charge in [-0.15, -0.1) is 0 Å². The minimum Gasteiger partial charge on any atom is -0.293 e. The molecule has 0 atom stereocenters. The maximum Gasteiger partial charge on any atom is 0.401 e. The highest BCUT2D eigenvalue weighted by Crippen LogP contribution is 2.16. The van der Waals surface area contributed by atoms with Gasteiger partial charge in [0, 0.05) is 10.0 Å². The third-order valence-corrected chi connectivity index (χ3v) is 2.50. The number of hydrogen-bond donors (Lipinski definition) is 0. The molecule has 17 heavy (non-hydrogen) atoms. The predicted molar refractivity (Wildman–Crippen MR) is 62.0 cm³/mol. The van der Waals surface area contributed by atoms with Crippen LogP contribution in [-0.2, 0) is 0 Å². The Balaban J connectivity index is 2.61. The predicted octanol–water partition coefficient (Wildman–Crippen LogP) is 3.13. The number of rotatable bonds is 4. The molecule has 0 aromatic heterocycles. The summed E-state index contributed by atoms with van der Waals surface area (Å²) in [6.07, 6.45) is -4.29. The molecule has 0 bridgehead atoms. The van der Waals surface area contributed by atoms with E-state index in [1.165, 1.54) is 7.05 Å². The summed E-state index contributed by atoms with van der Waals surface area (Å²) in [5, 5.41) is 0. The molecule has 0 aliphatic rings. The van der Waals surface area contributed by atoms with Crippen molar-refractivity contribution < 1.29 is 18.0 Å². The van der Waals surface area contributed by atoms with E-state index in [0.717, 1.165) is 9.37 Å². The van der Waals surface area contributed by atoms with Crippen molar-refractivity contribution in [1.82, 2.24) is 4.90 Å². The minimum absolute atomic E-state index is 0.254. The van der Waals surface area contributed by atoms with E-state index in [0.29, 0.717) is 5.56 Å². The molecule has 0 saturated carbocycles. The van der Waals surface area contributed by atoms with Crippen molar-refractivity contribution in [3.8, 4) is 0 Å². The summed E-state index contributed by atoms with van der Waals surface area (Å²) in [6.45, 7) is -1.34. The van der Waals surface area contributed by atoms with Gasteiger partial charge in [-0.05, 0) is 19.2 Å². The summed E-state index contributed by atoms with van der Waals surface area (Å²) in [5.74, 6) is -0.335. The summed E-state index contributed by atoms with van der Waals surface area (Å²) in [6, 6.07) is 6.58. The third-order valence-electron chi connectivity index (χ3n) is 2.01. The maximum absolute atomic E-state index is 12.1. The number of carbonyl (C=O) groups excluding carboxylic acids is 1. The summed E-state index contributed by atoms with van der Waals surface area (Å²) in [5.41, 5.74) is 0.397. The Hall–Kier alpha value is -0.880. The number of halogens is 4. The molecule has 94 valence electrons. The van der Waals surface area contributed by atoms with E-state index in [-0.39, 0.29) is 12.3 Å². The van der Waals surface area contributed by atoms with Gasteiger partial charge < -0.3 is 0 Å². The molecule has 0 aliphatic carbocycles. The Labute approximate surface area is 106 Å². The number of ketones is 1. The molecule has 0 aliphatic heterocycles. The smallest absolute Gasteiger partial charge is 0.293 e. The molecular weight excluding hydrogens is 299 g/mol. The van der Waals surface area contributed by atoms with E-state index in [9.17, 15) is 18.0 Å². The van der Waals surface area contributed by atoms with Crippen LogP contribution in [0.4, 0.5) is 13.2 Å². The highest BCUT2D eigenvalue weighted by molar-refractivity contribution is 9.10. The number of Topliss-reactive ketones (excluding diaryl/α,β-unsaturated/α-hetero) is 1. The molecule has 0 amide bonds. The van der Waals surface area contributed by atoms with Gasteiger partial charge in [0.1, 0.15) is 0 Å². The zero-order chi connectivity index (χ0) is 13.1. The highest BCUT2D eigenvalue weighted by atomic mass is 79.9. The quantitative estimate of drug-likeness (QED) is 0.797. The highest BCUT2D eigenvalue weighted by Gasteiger charge is 2.29. The van der Waals surface area contributed by atoms with E-state index >= 15 is 0 Å². The SMILES string of the molecule is CN(CC(=O)c1cccc(Br)c1)CC(F)(F)F. The van der Waals surface area contributed by atoms with Crippen molar-refractivity contribution in [3.05, 3.63) is 34.3 Å². The molecule has 0 saturated heterocycles. The van der Waals surface area contributed by atoms with Crippen LogP contribution in [0, 0.1) is 0 Å². The van der Waals surface area contributed by atoms with Gasteiger partial charge in [-0.1, -0.05) is 28.1 Å². The normalized spacial score (nSPS) is 11.9. The van der Waals surface area contributed by atoms with Crippen molar-refractivity contribution in [2.75, 3.05) is 20.1 Å². The zero-order valence-electron chi connectivity index (χ0n) is 9.09. The monoisotopic (exact) mass is 309 g/mol. The summed E-state index contributed by atoms with van der Waals surface area (Å²) in [7, 11) is 1.27. The lowest BCUT2D eigenvalue weighted by Crippen LogP contribution is -2.34. The van der Waals surface area contributed by atoms with Crippen molar-refractivity contribution in [1.29, 1.82) is 0 Å². The fourth-order valence-corrected chi connectivity index (χ4v) is 1.76. The first kappa shape index (κ1) is 14.2. The minimum atomic E-state index is -4.29. The number of likely N-dealkylation sites (N-methyl/N-ethyl adjacent to an activating group) is 1. The average molecular weight is 310 g/mol. The second-order valence-electron chi connectivity index (χ2n) is 3.72. The zero-order valence-corrected chi connectivity index (χ0v) is 10.7. The maximum atomic E-state index is 12.1. The summed E-state index contributed by atoms with van der Waals surface area (Å²) >= 11 is 3.20. The molecule has 0 fully saturated rings. The first-order valence-corrected chi connectivity index (χ1v) is 5.61. The van der Waals surface area contributed by atoms with Crippen molar-refractivity contribution in [2.45, 2.75) is 6.18 Å². The fourth-order valence-electron chi connectivity index (χ4n) is 1.36. The van der Waals surface area contributed by atoms with Crippen LogP contribution in [0.3, 0.4) is 0 Å². The molecule has 1 rings (SSSR count). The largest absolute Gasteiger partial charge is 0.401 e. The van der Waals surface area contributed by atoms with Gasteiger partial charge in [-0.25, -0.2) is 0 Å². The van der Waals surface area contributed by atoms with E-state index in [4.69, 9.17) is 0 Å². The van der Waals surface area contributed by atoms with Crippen LogP contribution in [0.2, 0.25) is 0 Å². The van der Waals surface area contributed by atoms with Gasteiger partial charge in [-0.2, -0.15) is 13.2 Å². The first-order chi connectivity index (χ1) is 7.78. The van der Waals surface area contributed by atoms with Crippen LogP contribution < -0.4 is 0 Å². The first-order valence-electron chi connectivity index (χ1n) is 4.82. The third kappa shape index (κ3) is 5.32. The Kier molecular flexibility index (Phi) is 4.70. The molecule has 0 spiro atoms. The molecule has 0 radical (unpaired) electrons. The van der Waals surface area contributed by atoms with Crippen LogP contribution in [0.25, 0.3) is 0 Å². The molecular formula is C11H11BrF3NO. The standard InChI is InChI=1S/C11H11BrF3NO/c1-16(7-11(13,14)15)6-10(17)8-3-2-4-9(12)5-8/h2-5H,6-7H2,1H3. The Morgan fingerprint density at radius 3 is 2.59 bits per heavy atom. The molecule has 2 nitrogen and oxygen atoms in total. The second kappa shape index (κ2) is 5.64. The molecule has 0 unspecified atom stereocenters. The number of hydrogen-bond acceptors (Lipinski definition) is 2. The second-order valence-corrected chi connectivity index (χ2v) is 4.64. The van der Waals surface area contributed by atoms with Gasteiger partial charge in [0.2, 0.25) is 0 Å². The molecule has 0 heterocycles. The Morgan fingerprint density at radius 1 is 1.41 bits per heavy atom. The lowest BCUT2D eigenvalue weighted by molar-refractivity contribution is -0.141. The summed E-state index contributed by atoms with van der Waals surface area (Å²) in [4.78, 5) is 12.6. The van der Waals surface area contributed by atoms with Gasteiger partial charge in [-0.3, -0.25) is 9.69 Å². The van der Waals surface area contributed by atoms with Crippen molar-refractivity contribution in [2.24, 2.45) is 0 Å². The Bertz CT molecular complexity index is 406. The van der Waals surface area contributed by atoms with Gasteiger partial charge in [0.05, 0.1) is 13.1 Å². The molecule has 1 aromatic rings. The molecule has 1 aromatic carbocycles. The van der Waals surface area contributed by atoms with Crippen LogP contribution in [0.5, 0.6) is 0 Å². The van der Waals surface area contributed by atoms with E-state index in [2.05, 4.69) is 15.9 Å². The number of nitrogens with zero attached hydrogens (tertiary/aromatic N) is 1. The van der Waals surface area contributed by atoms with E-state index in [1.807, 2.05) is 0 Å². The molecule has 0 N–H and O–H groups in total. The summed E-state index contributed by atoms with van der Waals surface area (Å²) < 4.78 is 36.9. The van der Waals surface area contributed by atoms with Crippen LogP contribution in [0.15, 0.2) is 28.7 Å². The van der Waals surface area contributed by atoms with Gasteiger partial charge >= 0.3 is 6.18 Å². The van der Waals surface area contributed by atoms with E-state index in [1.54, 1.807) is 24.3 Å². The molecule has 6 heteroatoms. The van der Waals surface area contributed by atoms with Crippen LogP contribution in [0.1, 0.15) is 10.4 Å². The van der Waals surface area contributed by atoms with Crippen molar-refractivity contribution >= 4 is 21.7 Å². The fraction of sp³-hybridized carbons (Fsp3) is 0.364. The van der Waals surface area contributed by atoms with Crippen LogP contribution >= 0.6 is 15.9 Å². The topological polar surface area (TPSA) is 20.3 Å².